The fraction of sp³-hybridized carbons (Fsp3) is 0.417. The van der Waals surface area contributed by atoms with E-state index in [1.54, 1.807) is 24.3 Å². The third-order valence-electron chi connectivity index (χ3n) is 2.34. The van der Waals surface area contributed by atoms with Crippen LogP contribution in [0.2, 0.25) is 0 Å². The molecule has 0 saturated carbocycles. The number of rotatable bonds is 6. The molecule has 1 aromatic carbocycles. The lowest BCUT2D eigenvalue weighted by Gasteiger charge is -2.14. The first-order valence-electron chi connectivity index (χ1n) is 5.53. The first kappa shape index (κ1) is 14.5. The predicted molar refractivity (Wildman–Crippen MR) is 64.4 cm³/mol. The summed E-state index contributed by atoms with van der Waals surface area (Å²) in [5, 5.41) is 2.60. The Bertz CT molecular complexity index is 399. The summed E-state index contributed by atoms with van der Waals surface area (Å²) in [6, 6.07) is 7.02. The highest BCUT2D eigenvalue weighted by molar-refractivity contribution is 5.94. The van der Waals surface area contributed by atoms with E-state index in [4.69, 9.17) is 10.5 Å². The van der Waals surface area contributed by atoms with Gasteiger partial charge in [-0.3, -0.25) is 4.79 Å². The Hall–Kier alpha value is -1.53. The number of hydrogen-bond donors (Lipinski definition) is 2. The molecule has 0 aliphatic rings. The van der Waals surface area contributed by atoms with E-state index in [1.807, 2.05) is 0 Å². The normalized spacial score (nSPS) is 12.5. The summed E-state index contributed by atoms with van der Waals surface area (Å²) in [6.07, 6.45) is -3.53. The molecule has 1 aromatic rings. The van der Waals surface area contributed by atoms with Gasteiger partial charge in [0.05, 0.1) is 0 Å². The van der Waals surface area contributed by atoms with Crippen molar-refractivity contribution >= 4 is 11.6 Å². The topological polar surface area (TPSA) is 64.3 Å². The van der Waals surface area contributed by atoms with Gasteiger partial charge in [0.25, 0.3) is 12.3 Å². The molecule has 0 aliphatic carbocycles. The van der Waals surface area contributed by atoms with Gasteiger partial charge >= 0.3 is 0 Å². The molecule has 100 valence electrons. The number of benzene rings is 1. The maximum atomic E-state index is 11.9. The minimum Gasteiger partial charge on any atom is -0.363 e. The number of nitrogens with one attached hydrogen (secondary N) is 1. The number of amides is 1. The van der Waals surface area contributed by atoms with E-state index >= 15 is 0 Å². The monoisotopic (exact) mass is 258 g/mol. The van der Waals surface area contributed by atoms with Crippen molar-refractivity contribution in [3.8, 4) is 0 Å². The Kier molecular flexibility index (Phi) is 5.67. The number of halogens is 2. The van der Waals surface area contributed by atoms with Gasteiger partial charge in [-0.25, -0.2) is 8.78 Å². The van der Waals surface area contributed by atoms with Crippen LogP contribution in [0.4, 0.5) is 14.5 Å². The summed E-state index contributed by atoms with van der Waals surface area (Å²) in [5.41, 5.74) is 6.86. The van der Waals surface area contributed by atoms with Crippen LogP contribution in [0.3, 0.4) is 0 Å². The zero-order valence-corrected chi connectivity index (χ0v) is 10.0. The first-order chi connectivity index (χ1) is 8.54. The summed E-state index contributed by atoms with van der Waals surface area (Å²) >= 11 is 0. The van der Waals surface area contributed by atoms with Crippen molar-refractivity contribution in [2.45, 2.75) is 26.0 Å². The highest BCUT2D eigenvalue weighted by Crippen LogP contribution is 2.14. The number of alkyl halides is 2. The molecule has 3 N–H and O–H groups in total. The number of anilines is 1. The van der Waals surface area contributed by atoms with Gasteiger partial charge in [-0.1, -0.05) is 18.2 Å². The van der Waals surface area contributed by atoms with E-state index in [1.165, 1.54) is 6.92 Å². The van der Waals surface area contributed by atoms with Crippen LogP contribution in [-0.4, -0.2) is 25.0 Å². The quantitative estimate of drug-likeness (QED) is 0.817. The minimum absolute atomic E-state index is 0.280. The molecule has 0 aliphatic heterocycles. The third kappa shape index (κ3) is 4.38. The number of ether oxygens (including phenoxy) is 1. The summed E-state index contributed by atoms with van der Waals surface area (Å²) in [5.74, 6) is -0.475. The fourth-order valence-electron chi connectivity index (χ4n) is 1.35. The van der Waals surface area contributed by atoms with Gasteiger partial charge in [0, 0.05) is 12.2 Å². The lowest BCUT2D eigenvalue weighted by atomic mass is 10.1. The first-order valence-corrected chi connectivity index (χ1v) is 5.53. The van der Waals surface area contributed by atoms with Gasteiger partial charge in [-0.15, -0.1) is 0 Å². The molecule has 6 heteroatoms. The van der Waals surface area contributed by atoms with Gasteiger partial charge in [0.15, 0.2) is 0 Å². The van der Waals surface area contributed by atoms with Crippen LogP contribution in [0.1, 0.15) is 12.5 Å². The molecular weight excluding hydrogens is 242 g/mol. The Morgan fingerprint density at radius 2 is 2.11 bits per heavy atom. The van der Waals surface area contributed by atoms with E-state index in [2.05, 4.69) is 5.32 Å². The van der Waals surface area contributed by atoms with Crippen LogP contribution in [-0.2, 0) is 16.1 Å². The number of carbonyl (C=O) groups excluding carboxylic acids is 1. The molecule has 0 aromatic heterocycles. The van der Waals surface area contributed by atoms with Crippen molar-refractivity contribution in [1.29, 1.82) is 0 Å². The second-order valence-electron chi connectivity index (χ2n) is 3.72. The Morgan fingerprint density at radius 1 is 1.44 bits per heavy atom. The van der Waals surface area contributed by atoms with Crippen molar-refractivity contribution in [2.24, 2.45) is 5.73 Å². The summed E-state index contributed by atoms with van der Waals surface area (Å²) in [6.45, 7) is 0.943. The van der Waals surface area contributed by atoms with Crippen LogP contribution in [0.15, 0.2) is 24.3 Å². The Balaban J connectivity index is 2.58. The van der Waals surface area contributed by atoms with E-state index in [-0.39, 0.29) is 6.54 Å². The third-order valence-corrected chi connectivity index (χ3v) is 2.34. The zero-order chi connectivity index (χ0) is 13.5. The van der Waals surface area contributed by atoms with Crippen molar-refractivity contribution in [1.82, 2.24) is 0 Å². The fourth-order valence-corrected chi connectivity index (χ4v) is 1.35. The predicted octanol–water partition coefficient (Wildman–Crippen LogP) is 1.75. The van der Waals surface area contributed by atoms with Gasteiger partial charge in [-0.05, 0) is 18.6 Å². The molecule has 1 unspecified atom stereocenters. The van der Waals surface area contributed by atoms with Crippen molar-refractivity contribution in [3.05, 3.63) is 29.8 Å². The van der Waals surface area contributed by atoms with Crippen LogP contribution in [0.5, 0.6) is 0 Å². The SMILES string of the molecule is CC(OCC(F)F)C(=O)Nc1ccccc1CN. The zero-order valence-electron chi connectivity index (χ0n) is 10.0. The molecule has 0 bridgehead atoms. The Morgan fingerprint density at radius 3 is 2.72 bits per heavy atom. The van der Waals surface area contributed by atoms with E-state index in [9.17, 15) is 13.6 Å². The molecule has 1 amide bonds. The van der Waals surface area contributed by atoms with E-state index in [0.29, 0.717) is 5.69 Å². The second-order valence-corrected chi connectivity index (χ2v) is 3.72. The molecule has 0 fully saturated rings. The average Bonchev–Trinajstić information content (AvgIpc) is 2.36. The largest absolute Gasteiger partial charge is 0.363 e. The molecule has 1 atom stereocenters. The molecule has 4 nitrogen and oxygen atoms in total. The van der Waals surface area contributed by atoms with Crippen LogP contribution in [0, 0.1) is 0 Å². The molecule has 0 spiro atoms. The van der Waals surface area contributed by atoms with Crippen molar-refractivity contribution in [2.75, 3.05) is 11.9 Å². The molecule has 0 radical (unpaired) electrons. The number of hydrogen-bond acceptors (Lipinski definition) is 3. The van der Waals surface area contributed by atoms with Crippen LogP contribution in [0.25, 0.3) is 0 Å². The maximum absolute atomic E-state index is 11.9. The number of para-hydroxylation sites is 1. The van der Waals surface area contributed by atoms with Crippen LogP contribution >= 0.6 is 0 Å². The van der Waals surface area contributed by atoms with Crippen molar-refractivity contribution < 1.29 is 18.3 Å². The standard InChI is InChI=1S/C12H16F2N2O2/c1-8(18-7-11(13)14)12(17)16-10-5-3-2-4-9(10)6-15/h2-5,8,11H,6-7,15H2,1H3,(H,16,17). The smallest absolute Gasteiger partial charge is 0.261 e. The van der Waals surface area contributed by atoms with Gasteiger partial charge in [0.2, 0.25) is 0 Å². The highest BCUT2D eigenvalue weighted by atomic mass is 19.3. The molecule has 0 saturated heterocycles. The molecular formula is C12H16F2N2O2. The van der Waals surface area contributed by atoms with E-state index in [0.717, 1.165) is 5.56 Å². The molecule has 1 rings (SSSR count). The van der Waals surface area contributed by atoms with Crippen molar-refractivity contribution in [3.63, 3.8) is 0 Å². The lowest BCUT2D eigenvalue weighted by molar-refractivity contribution is -0.128. The summed E-state index contributed by atoms with van der Waals surface area (Å²) in [4.78, 5) is 11.7. The molecule has 0 heterocycles. The summed E-state index contributed by atoms with van der Waals surface area (Å²) in [7, 11) is 0. The number of nitrogens with two attached hydrogens (primary N) is 1. The number of carbonyl (C=O) groups is 1. The lowest BCUT2D eigenvalue weighted by Crippen LogP contribution is -2.29. The maximum Gasteiger partial charge on any atom is 0.261 e. The summed E-state index contributed by atoms with van der Waals surface area (Å²) < 4.78 is 28.6. The molecule has 18 heavy (non-hydrogen) atoms. The van der Waals surface area contributed by atoms with Gasteiger partial charge in [-0.2, -0.15) is 0 Å². The Labute approximate surface area is 104 Å². The van der Waals surface area contributed by atoms with Gasteiger partial charge < -0.3 is 15.8 Å². The van der Waals surface area contributed by atoms with Gasteiger partial charge in [0.1, 0.15) is 12.7 Å². The highest BCUT2D eigenvalue weighted by Gasteiger charge is 2.16. The van der Waals surface area contributed by atoms with Crippen LogP contribution < -0.4 is 11.1 Å². The average molecular weight is 258 g/mol. The van der Waals surface area contributed by atoms with E-state index < -0.39 is 25.0 Å². The minimum atomic E-state index is -2.59. The second kappa shape index (κ2) is 7.03.